The van der Waals surface area contributed by atoms with Crippen LogP contribution in [0.2, 0.25) is 0 Å². The third-order valence-corrected chi connectivity index (χ3v) is 5.87. The fraction of sp³-hybridized carbons (Fsp3) is 0.400. The molecule has 170 valence electrons. The quantitative estimate of drug-likeness (QED) is 0.519. The first-order valence-electron chi connectivity index (χ1n) is 11.1. The van der Waals surface area contributed by atoms with Gasteiger partial charge in [-0.05, 0) is 35.1 Å². The van der Waals surface area contributed by atoms with Crippen LogP contribution in [0.4, 0.5) is 4.79 Å². The largest absolute Gasteiger partial charge is 0.481 e. The summed E-state index contributed by atoms with van der Waals surface area (Å²) in [6.07, 6.45) is 0.446. The Balaban J connectivity index is 1.55. The van der Waals surface area contributed by atoms with Crippen molar-refractivity contribution in [3.8, 4) is 11.1 Å². The normalized spacial score (nSPS) is 14.1. The average molecular weight is 439 g/mol. The lowest BCUT2D eigenvalue weighted by atomic mass is 9.98. The smallest absolute Gasteiger partial charge is 0.407 e. The van der Waals surface area contributed by atoms with Crippen LogP contribution >= 0.6 is 0 Å². The van der Waals surface area contributed by atoms with E-state index in [-0.39, 0.29) is 31.3 Å². The number of carboxylic acids is 1. The molecule has 3 rings (SSSR count). The Morgan fingerprint density at radius 2 is 1.41 bits per heavy atom. The van der Waals surface area contributed by atoms with Gasteiger partial charge in [-0.2, -0.15) is 0 Å². The lowest BCUT2D eigenvalue weighted by Crippen LogP contribution is -2.42. The summed E-state index contributed by atoms with van der Waals surface area (Å²) in [7, 11) is 0. The number of rotatable bonds is 10. The minimum Gasteiger partial charge on any atom is -0.481 e. The Morgan fingerprint density at radius 1 is 0.875 bits per heavy atom. The van der Waals surface area contributed by atoms with Crippen molar-refractivity contribution >= 4 is 18.0 Å². The predicted molar refractivity (Wildman–Crippen MR) is 121 cm³/mol. The summed E-state index contributed by atoms with van der Waals surface area (Å²) in [5.74, 6) is -1.28. The molecule has 1 aliphatic rings. The van der Waals surface area contributed by atoms with Gasteiger partial charge in [0, 0.05) is 24.4 Å². The molecule has 0 fully saturated rings. The average Bonchev–Trinajstić information content (AvgIpc) is 3.10. The number of carbonyl (C=O) groups is 3. The van der Waals surface area contributed by atoms with Gasteiger partial charge in [0.05, 0.1) is 6.42 Å². The number of hydrogen-bond donors (Lipinski definition) is 3. The number of ether oxygens (including phenoxy) is 1. The summed E-state index contributed by atoms with van der Waals surface area (Å²) in [6, 6.07) is 15.4. The number of benzene rings is 2. The summed E-state index contributed by atoms with van der Waals surface area (Å²) in [5.41, 5.74) is 4.59. The first kappa shape index (κ1) is 23.3. The van der Waals surface area contributed by atoms with Crippen LogP contribution in [-0.4, -0.2) is 41.8 Å². The van der Waals surface area contributed by atoms with Crippen molar-refractivity contribution in [3.05, 3.63) is 59.7 Å². The first-order valence-corrected chi connectivity index (χ1v) is 11.1. The molecule has 1 unspecified atom stereocenters. The molecule has 32 heavy (non-hydrogen) atoms. The third-order valence-electron chi connectivity index (χ3n) is 5.87. The van der Waals surface area contributed by atoms with E-state index in [0.717, 1.165) is 22.3 Å². The van der Waals surface area contributed by atoms with Crippen LogP contribution in [0.3, 0.4) is 0 Å². The lowest BCUT2D eigenvalue weighted by molar-refractivity contribution is -0.137. The van der Waals surface area contributed by atoms with Gasteiger partial charge < -0.3 is 20.5 Å². The zero-order chi connectivity index (χ0) is 23.1. The van der Waals surface area contributed by atoms with Crippen LogP contribution in [0.25, 0.3) is 11.1 Å². The van der Waals surface area contributed by atoms with Crippen molar-refractivity contribution in [2.24, 2.45) is 0 Å². The van der Waals surface area contributed by atoms with Crippen molar-refractivity contribution in [3.63, 3.8) is 0 Å². The van der Waals surface area contributed by atoms with Gasteiger partial charge in [0.25, 0.3) is 0 Å². The molecule has 2 aromatic rings. The molecule has 7 heteroatoms. The minimum absolute atomic E-state index is 0.0298. The van der Waals surface area contributed by atoms with E-state index in [1.807, 2.05) is 38.1 Å². The third kappa shape index (κ3) is 5.66. The van der Waals surface area contributed by atoms with Gasteiger partial charge in [-0.15, -0.1) is 0 Å². The maximum absolute atomic E-state index is 12.5. The maximum Gasteiger partial charge on any atom is 0.407 e. The molecule has 0 aromatic heterocycles. The van der Waals surface area contributed by atoms with E-state index < -0.39 is 24.1 Å². The maximum atomic E-state index is 12.5. The lowest BCUT2D eigenvalue weighted by Gasteiger charge is -2.20. The SMILES string of the molecule is CCC(CC(=O)N[C@@H](CC)CC(=O)O)NC(=O)OCC1c2ccccc2-c2ccccc21. The Hall–Kier alpha value is -3.35. The van der Waals surface area contributed by atoms with E-state index in [9.17, 15) is 14.4 Å². The summed E-state index contributed by atoms with van der Waals surface area (Å²) in [6.45, 7) is 3.90. The van der Waals surface area contributed by atoms with Crippen LogP contribution in [0, 0.1) is 0 Å². The molecule has 0 aliphatic heterocycles. The van der Waals surface area contributed by atoms with Gasteiger partial charge in [0.1, 0.15) is 6.61 Å². The number of nitrogens with one attached hydrogen (secondary N) is 2. The molecule has 1 aliphatic carbocycles. The molecule has 0 radical (unpaired) electrons. The fourth-order valence-corrected chi connectivity index (χ4v) is 4.12. The van der Waals surface area contributed by atoms with Gasteiger partial charge >= 0.3 is 12.1 Å². The number of aliphatic carboxylic acids is 1. The highest BCUT2D eigenvalue weighted by atomic mass is 16.5. The zero-order valence-corrected chi connectivity index (χ0v) is 18.5. The van der Waals surface area contributed by atoms with Crippen LogP contribution in [0.1, 0.15) is 56.6 Å². The second-order valence-corrected chi connectivity index (χ2v) is 8.05. The van der Waals surface area contributed by atoms with Crippen LogP contribution in [0.5, 0.6) is 0 Å². The standard InChI is InChI=1S/C25H30N2O5/c1-3-16(13-23(28)26-17(4-2)14-24(29)30)27-25(31)32-15-22-20-11-7-5-9-18(20)19-10-6-8-12-21(19)22/h5-12,16-17,22H,3-4,13-15H2,1-2H3,(H,26,28)(H,27,31)(H,29,30)/t16?,17-/m0/s1. The molecule has 0 bridgehead atoms. The highest BCUT2D eigenvalue weighted by Crippen LogP contribution is 2.44. The summed E-state index contributed by atoms with van der Waals surface area (Å²) < 4.78 is 5.55. The number of alkyl carbamates (subject to hydrolysis) is 1. The van der Waals surface area contributed by atoms with Crippen molar-refractivity contribution in [2.45, 2.75) is 57.5 Å². The van der Waals surface area contributed by atoms with Crippen molar-refractivity contribution < 1.29 is 24.2 Å². The molecule has 2 amide bonds. The Labute approximate surface area is 188 Å². The van der Waals surface area contributed by atoms with Crippen LogP contribution < -0.4 is 10.6 Å². The molecule has 0 saturated heterocycles. The van der Waals surface area contributed by atoms with Gasteiger partial charge in [-0.25, -0.2) is 4.79 Å². The molecule has 0 spiro atoms. The Kier molecular flexibility index (Phi) is 7.87. The number of hydrogen-bond acceptors (Lipinski definition) is 4. The molecule has 2 atom stereocenters. The van der Waals surface area contributed by atoms with Crippen LogP contribution in [0.15, 0.2) is 48.5 Å². The van der Waals surface area contributed by atoms with Gasteiger partial charge in [0.15, 0.2) is 0 Å². The Bertz CT molecular complexity index is 929. The Morgan fingerprint density at radius 3 is 1.94 bits per heavy atom. The highest BCUT2D eigenvalue weighted by molar-refractivity contribution is 5.80. The number of carboxylic acid groups (broad SMARTS) is 1. The first-order chi connectivity index (χ1) is 15.4. The number of amides is 2. The van der Waals surface area contributed by atoms with Crippen LogP contribution in [-0.2, 0) is 14.3 Å². The zero-order valence-electron chi connectivity index (χ0n) is 18.5. The van der Waals surface area contributed by atoms with Gasteiger partial charge in [-0.3, -0.25) is 9.59 Å². The monoisotopic (exact) mass is 438 g/mol. The molecule has 3 N–H and O–H groups in total. The molecular formula is C25H30N2O5. The predicted octanol–water partition coefficient (Wildman–Crippen LogP) is 4.06. The summed E-state index contributed by atoms with van der Waals surface area (Å²) in [5, 5.41) is 14.4. The molecule has 2 aromatic carbocycles. The molecule has 0 heterocycles. The van der Waals surface area contributed by atoms with E-state index in [1.54, 1.807) is 0 Å². The van der Waals surface area contributed by atoms with E-state index in [4.69, 9.17) is 9.84 Å². The van der Waals surface area contributed by atoms with E-state index >= 15 is 0 Å². The molecule has 7 nitrogen and oxygen atoms in total. The second kappa shape index (κ2) is 10.8. The fourth-order valence-electron chi connectivity index (χ4n) is 4.12. The van der Waals surface area contributed by atoms with E-state index in [1.165, 1.54) is 0 Å². The number of fused-ring (bicyclic) bond motifs is 3. The molecular weight excluding hydrogens is 408 g/mol. The van der Waals surface area contributed by atoms with Crippen molar-refractivity contribution in [1.29, 1.82) is 0 Å². The van der Waals surface area contributed by atoms with Gasteiger partial charge in [-0.1, -0.05) is 62.4 Å². The highest BCUT2D eigenvalue weighted by Gasteiger charge is 2.29. The second-order valence-electron chi connectivity index (χ2n) is 8.05. The number of carbonyl (C=O) groups excluding carboxylic acids is 2. The van der Waals surface area contributed by atoms with E-state index in [0.29, 0.717) is 12.8 Å². The van der Waals surface area contributed by atoms with Crippen molar-refractivity contribution in [1.82, 2.24) is 10.6 Å². The van der Waals surface area contributed by atoms with E-state index in [2.05, 4.69) is 34.9 Å². The minimum atomic E-state index is -0.957. The summed E-state index contributed by atoms with van der Waals surface area (Å²) >= 11 is 0. The van der Waals surface area contributed by atoms with Crippen molar-refractivity contribution in [2.75, 3.05) is 6.61 Å². The molecule has 0 saturated carbocycles. The summed E-state index contributed by atoms with van der Waals surface area (Å²) in [4.78, 5) is 35.6. The topological polar surface area (TPSA) is 105 Å². The van der Waals surface area contributed by atoms with Gasteiger partial charge in [0.2, 0.25) is 5.91 Å².